The summed E-state index contributed by atoms with van der Waals surface area (Å²) < 4.78 is 1.13. The highest BCUT2D eigenvalue weighted by Gasteiger charge is 2.35. The van der Waals surface area contributed by atoms with Gasteiger partial charge in [-0.25, -0.2) is 4.98 Å². The number of aryl methyl sites for hydroxylation is 1. The van der Waals surface area contributed by atoms with Crippen LogP contribution >= 0.6 is 11.3 Å². The fourth-order valence-electron chi connectivity index (χ4n) is 3.62. The Balaban J connectivity index is 1.28. The molecule has 0 unspecified atom stereocenters. The van der Waals surface area contributed by atoms with Crippen LogP contribution < -0.4 is 10.6 Å². The number of para-hydroxylation sites is 1. The molecule has 4 rings (SSSR count). The number of carbonyl (C=O) groups excluding carboxylic acids is 2. The number of aliphatic hydroxyl groups excluding tert-OH is 1. The number of rotatable bonds is 6. The van der Waals surface area contributed by atoms with Crippen molar-refractivity contribution in [3.63, 3.8) is 0 Å². The number of thiazole rings is 1. The molecule has 27 heavy (non-hydrogen) atoms. The highest BCUT2D eigenvalue weighted by molar-refractivity contribution is 7.18. The van der Waals surface area contributed by atoms with Gasteiger partial charge in [-0.2, -0.15) is 0 Å². The Labute approximate surface area is 162 Å². The number of benzene rings is 1. The standard InChI is InChI=1S/C20H25N3O3S/c24-16-8-5-12(20(26)21-13-6-7-13)11-15(16)22-18(25)9-10-19-23-14-3-1-2-4-17(14)27-19/h1-4,12-13,15-16,24H,5-11H2,(H,21,26)(H,22,25)/t12-,15+,16+/m0/s1. The number of nitrogens with zero attached hydrogens (tertiary/aromatic N) is 1. The predicted octanol–water partition coefficient (Wildman–Crippen LogP) is 2.15. The van der Waals surface area contributed by atoms with Crippen LogP contribution in [0.15, 0.2) is 24.3 Å². The molecular weight excluding hydrogens is 362 g/mol. The molecule has 0 saturated heterocycles. The summed E-state index contributed by atoms with van der Waals surface area (Å²) in [5.74, 6) is -0.150. The second kappa shape index (κ2) is 7.94. The molecule has 144 valence electrons. The van der Waals surface area contributed by atoms with E-state index in [4.69, 9.17) is 0 Å². The summed E-state index contributed by atoms with van der Waals surface area (Å²) in [6.07, 6.45) is 4.19. The number of amides is 2. The van der Waals surface area contributed by atoms with Gasteiger partial charge >= 0.3 is 0 Å². The number of aliphatic hydroxyl groups is 1. The van der Waals surface area contributed by atoms with E-state index in [0.29, 0.717) is 38.1 Å². The second-order valence-corrected chi connectivity index (χ2v) is 8.72. The van der Waals surface area contributed by atoms with E-state index in [1.54, 1.807) is 11.3 Å². The third kappa shape index (κ3) is 4.65. The third-order valence-corrected chi connectivity index (χ3v) is 6.45. The van der Waals surface area contributed by atoms with Gasteiger partial charge in [0.05, 0.1) is 27.4 Å². The van der Waals surface area contributed by atoms with Crippen molar-refractivity contribution in [2.24, 2.45) is 5.92 Å². The van der Waals surface area contributed by atoms with Crippen molar-refractivity contribution >= 4 is 33.4 Å². The van der Waals surface area contributed by atoms with Crippen molar-refractivity contribution in [3.8, 4) is 0 Å². The zero-order chi connectivity index (χ0) is 18.8. The lowest BCUT2D eigenvalue weighted by Gasteiger charge is -2.33. The lowest BCUT2D eigenvalue weighted by Crippen LogP contribution is -2.49. The summed E-state index contributed by atoms with van der Waals surface area (Å²) in [6.45, 7) is 0. The van der Waals surface area contributed by atoms with Crippen LogP contribution in [-0.4, -0.2) is 40.1 Å². The maximum Gasteiger partial charge on any atom is 0.223 e. The highest BCUT2D eigenvalue weighted by Crippen LogP contribution is 2.27. The van der Waals surface area contributed by atoms with Gasteiger partial charge in [0.2, 0.25) is 11.8 Å². The van der Waals surface area contributed by atoms with Crippen LogP contribution in [0.1, 0.15) is 43.5 Å². The van der Waals surface area contributed by atoms with Crippen molar-refractivity contribution in [1.82, 2.24) is 15.6 Å². The molecule has 3 N–H and O–H groups in total. The summed E-state index contributed by atoms with van der Waals surface area (Å²) in [4.78, 5) is 29.2. The molecule has 1 aromatic carbocycles. The summed E-state index contributed by atoms with van der Waals surface area (Å²) >= 11 is 1.61. The Kier molecular flexibility index (Phi) is 5.41. The van der Waals surface area contributed by atoms with E-state index in [-0.39, 0.29) is 23.8 Å². The fraction of sp³-hybridized carbons (Fsp3) is 0.550. The van der Waals surface area contributed by atoms with Gasteiger partial charge in [0.25, 0.3) is 0 Å². The molecule has 7 heteroatoms. The number of fused-ring (bicyclic) bond motifs is 1. The first-order chi connectivity index (χ1) is 13.1. The van der Waals surface area contributed by atoms with Crippen molar-refractivity contribution in [3.05, 3.63) is 29.3 Å². The summed E-state index contributed by atoms with van der Waals surface area (Å²) in [5, 5.41) is 17.1. The Hall–Kier alpha value is -1.99. The molecule has 2 saturated carbocycles. The molecular formula is C20H25N3O3S. The van der Waals surface area contributed by atoms with Gasteiger partial charge in [0.1, 0.15) is 0 Å². The molecule has 2 fully saturated rings. The molecule has 3 atom stereocenters. The van der Waals surface area contributed by atoms with Crippen LogP contribution in [-0.2, 0) is 16.0 Å². The molecule has 0 spiro atoms. The lowest BCUT2D eigenvalue weighted by molar-refractivity contribution is -0.129. The minimum Gasteiger partial charge on any atom is -0.391 e. The van der Waals surface area contributed by atoms with Crippen LogP contribution in [0.3, 0.4) is 0 Å². The van der Waals surface area contributed by atoms with E-state index in [9.17, 15) is 14.7 Å². The Morgan fingerprint density at radius 1 is 1.15 bits per heavy atom. The van der Waals surface area contributed by atoms with Gasteiger partial charge in [-0.3, -0.25) is 9.59 Å². The van der Waals surface area contributed by atoms with Crippen molar-refractivity contribution in [2.75, 3.05) is 0 Å². The van der Waals surface area contributed by atoms with E-state index in [2.05, 4.69) is 15.6 Å². The maximum absolute atomic E-state index is 12.4. The first-order valence-electron chi connectivity index (χ1n) is 9.71. The molecule has 0 radical (unpaired) electrons. The van der Waals surface area contributed by atoms with Crippen molar-refractivity contribution < 1.29 is 14.7 Å². The normalized spacial score (nSPS) is 25.3. The second-order valence-electron chi connectivity index (χ2n) is 7.61. The molecule has 0 bridgehead atoms. The molecule has 2 aliphatic carbocycles. The first-order valence-corrected chi connectivity index (χ1v) is 10.5. The van der Waals surface area contributed by atoms with Crippen LogP contribution in [0.25, 0.3) is 10.2 Å². The topological polar surface area (TPSA) is 91.3 Å². The average molecular weight is 388 g/mol. The van der Waals surface area contributed by atoms with Crippen LogP contribution in [0.5, 0.6) is 0 Å². The van der Waals surface area contributed by atoms with E-state index >= 15 is 0 Å². The number of nitrogens with one attached hydrogen (secondary N) is 2. The number of hydrogen-bond acceptors (Lipinski definition) is 5. The maximum atomic E-state index is 12.4. The smallest absolute Gasteiger partial charge is 0.223 e. The first kappa shape index (κ1) is 18.4. The molecule has 0 aliphatic heterocycles. The summed E-state index contributed by atoms with van der Waals surface area (Å²) in [6, 6.07) is 7.93. The Morgan fingerprint density at radius 2 is 1.96 bits per heavy atom. The largest absolute Gasteiger partial charge is 0.391 e. The molecule has 1 aromatic heterocycles. The monoisotopic (exact) mass is 387 g/mol. The van der Waals surface area contributed by atoms with E-state index in [0.717, 1.165) is 28.1 Å². The number of hydrogen-bond donors (Lipinski definition) is 3. The van der Waals surface area contributed by atoms with E-state index in [1.165, 1.54) is 0 Å². The van der Waals surface area contributed by atoms with Gasteiger partial charge in [-0.1, -0.05) is 12.1 Å². The molecule has 2 aromatic rings. The van der Waals surface area contributed by atoms with E-state index in [1.807, 2.05) is 24.3 Å². The van der Waals surface area contributed by atoms with Crippen LogP contribution in [0.4, 0.5) is 0 Å². The molecule has 6 nitrogen and oxygen atoms in total. The van der Waals surface area contributed by atoms with Gasteiger partial charge < -0.3 is 15.7 Å². The molecule has 2 aliphatic rings. The highest BCUT2D eigenvalue weighted by atomic mass is 32.1. The quantitative estimate of drug-likeness (QED) is 0.708. The van der Waals surface area contributed by atoms with Crippen molar-refractivity contribution in [2.45, 2.75) is 63.1 Å². The fourth-order valence-corrected chi connectivity index (χ4v) is 4.59. The summed E-state index contributed by atoms with van der Waals surface area (Å²) in [5.41, 5.74) is 0.963. The van der Waals surface area contributed by atoms with E-state index < -0.39 is 6.10 Å². The van der Waals surface area contributed by atoms with Gasteiger partial charge in [-0.15, -0.1) is 11.3 Å². The van der Waals surface area contributed by atoms with Gasteiger partial charge in [0, 0.05) is 24.8 Å². The average Bonchev–Trinajstić information content (AvgIpc) is 3.37. The Bertz CT molecular complexity index is 800. The molecule has 2 amide bonds. The molecule has 1 heterocycles. The Morgan fingerprint density at radius 3 is 2.74 bits per heavy atom. The number of aromatic nitrogens is 1. The minimum absolute atomic E-state index is 0.0677. The van der Waals surface area contributed by atoms with Crippen molar-refractivity contribution in [1.29, 1.82) is 0 Å². The SMILES string of the molecule is O=C(CCc1nc2ccccc2s1)N[C@@H]1C[C@@H](C(=O)NC2CC2)CC[C@H]1O. The van der Waals surface area contributed by atoms with Crippen LogP contribution in [0, 0.1) is 5.92 Å². The zero-order valence-corrected chi connectivity index (χ0v) is 16.0. The third-order valence-electron chi connectivity index (χ3n) is 5.36. The van der Waals surface area contributed by atoms with Gasteiger partial charge in [-0.05, 0) is 44.2 Å². The van der Waals surface area contributed by atoms with Crippen LogP contribution in [0.2, 0.25) is 0 Å². The lowest BCUT2D eigenvalue weighted by atomic mass is 9.83. The summed E-state index contributed by atoms with van der Waals surface area (Å²) in [7, 11) is 0. The van der Waals surface area contributed by atoms with Gasteiger partial charge in [0.15, 0.2) is 0 Å². The minimum atomic E-state index is -0.582. The predicted molar refractivity (Wildman–Crippen MR) is 104 cm³/mol. The number of carbonyl (C=O) groups is 2. The zero-order valence-electron chi connectivity index (χ0n) is 15.2.